The molecular weight excluding hydrogens is 1020 g/mol. The van der Waals surface area contributed by atoms with Gasteiger partial charge in [0.25, 0.3) is 0 Å². The molecule has 0 radical (unpaired) electrons. The van der Waals surface area contributed by atoms with Crippen molar-refractivity contribution in [1.82, 2.24) is 0 Å². The summed E-state index contributed by atoms with van der Waals surface area (Å²) in [7, 11) is 9.88. The number of benzene rings is 6. The van der Waals surface area contributed by atoms with Gasteiger partial charge < -0.3 is 64.8 Å². The molecule has 0 aliphatic carbocycles. The topological polar surface area (TPSA) is 285 Å². The van der Waals surface area contributed by atoms with Gasteiger partial charge in [0.05, 0.1) is 34.2 Å². The molecule has 0 spiro atoms. The van der Waals surface area contributed by atoms with E-state index in [0.29, 0.717) is 17.2 Å². The summed E-state index contributed by atoms with van der Waals surface area (Å²) in [6, 6.07) is 38.9. The lowest BCUT2D eigenvalue weighted by Gasteiger charge is -2.18. The van der Waals surface area contributed by atoms with E-state index in [1.165, 1.54) is 14.7 Å². The van der Waals surface area contributed by atoms with Crippen molar-refractivity contribution in [2.24, 2.45) is 0 Å². The first-order valence-corrected chi connectivity index (χ1v) is 24.6. The van der Waals surface area contributed by atoms with Crippen molar-refractivity contribution in [3.05, 3.63) is 144 Å². The number of nitrogens with one attached hydrogen (secondary N) is 3. The number of amides is 3. The van der Waals surface area contributed by atoms with Crippen molar-refractivity contribution in [2.45, 2.75) is 37.7 Å². The molecule has 3 heterocycles. The maximum Gasteiger partial charge on any atom is 0.419 e. The molecule has 7 N–H and O–H groups in total. The summed E-state index contributed by atoms with van der Waals surface area (Å²) in [4.78, 5) is 71.9. The molecule has 0 bridgehead atoms. The molecule has 0 saturated heterocycles. The van der Waals surface area contributed by atoms with Crippen LogP contribution >= 0.6 is 0 Å². The second-order valence-corrected chi connectivity index (χ2v) is 17.7. The molecule has 22 heteroatoms. The first-order chi connectivity index (χ1) is 37.8. The monoisotopic (exact) mass is 1090 g/mol. The molecule has 79 heavy (non-hydrogen) atoms. The number of nitrogens with zero attached hydrogens (tertiary/aromatic N) is 3. The molecule has 6 aromatic rings. The lowest BCUT2D eigenvalue weighted by molar-refractivity contribution is -0.170. The number of hydrogen-bond donors (Lipinski definition) is 7. The van der Waals surface area contributed by atoms with Crippen LogP contribution in [0.3, 0.4) is 0 Å². The van der Waals surface area contributed by atoms with E-state index in [1.807, 2.05) is 127 Å². The molecule has 416 valence electrons. The first-order valence-electron chi connectivity index (χ1n) is 24.6. The molecule has 0 fully saturated rings. The average molecular weight is 1090 g/mol. The van der Waals surface area contributed by atoms with Crippen LogP contribution in [-0.4, -0.2) is 124 Å². The van der Waals surface area contributed by atoms with Gasteiger partial charge >= 0.3 is 36.2 Å². The van der Waals surface area contributed by atoms with E-state index in [4.69, 9.17) is 48.8 Å². The third-order valence-electron chi connectivity index (χ3n) is 12.5. The minimum absolute atomic E-state index is 0.412. The molecular formula is C57H62N6O16. The number of carbonyl (C=O) groups is 6. The van der Waals surface area contributed by atoms with Crippen LogP contribution in [0.4, 0.5) is 48.5 Å². The Morgan fingerprint density at radius 3 is 0.937 bits per heavy atom. The maximum atomic E-state index is 12.3. The van der Waals surface area contributed by atoms with Crippen LogP contribution in [0.1, 0.15) is 29.5 Å². The van der Waals surface area contributed by atoms with Crippen molar-refractivity contribution in [2.75, 3.05) is 92.8 Å². The van der Waals surface area contributed by atoms with Crippen LogP contribution in [0, 0.1) is 0 Å². The van der Waals surface area contributed by atoms with Crippen molar-refractivity contribution < 1.29 is 77.6 Å². The van der Waals surface area contributed by atoms with Gasteiger partial charge in [-0.15, -0.1) is 0 Å². The van der Waals surface area contributed by atoms with Crippen LogP contribution in [-0.2, 0) is 33.6 Å². The molecule has 3 aliphatic rings. The number of carboxylic acid groups (broad SMARTS) is 3. The van der Waals surface area contributed by atoms with Crippen LogP contribution in [0.25, 0.3) is 0 Å². The Hall–Kier alpha value is -9.70. The van der Waals surface area contributed by atoms with E-state index >= 15 is 0 Å². The van der Waals surface area contributed by atoms with Crippen LogP contribution in [0.5, 0.6) is 34.5 Å². The zero-order valence-corrected chi connectivity index (χ0v) is 44.3. The van der Waals surface area contributed by atoms with Crippen molar-refractivity contribution in [3.8, 4) is 34.5 Å². The highest BCUT2D eigenvalue weighted by atomic mass is 16.6. The van der Waals surface area contributed by atoms with E-state index in [2.05, 4.69) is 16.0 Å². The number of fused-ring (bicyclic) bond motifs is 3. The number of anilines is 6. The van der Waals surface area contributed by atoms with Gasteiger partial charge in [0.15, 0.2) is 5.60 Å². The molecule has 9 rings (SSSR count). The van der Waals surface area contributed by atoms with Gasteiger partial charge in [-0.3, -0.25) is 24.3 Å². The first kappa shape index (κ1) is 58.6. The molecule has 0 saturated carbocycles. The van der Waals surface area contributed by atoms with Crippen molar-refractivity contribution in [1.29, 1.82) is 0 Å². The molecule has 3 aliphatic heterocycles. The summed E-state index contributed by atoms with van der Waals surface area (Å²) in [5, 5.41) is 43.6. The van der Waals surface area contributed by atoms with E-state index in [1.54, 1.807) is 42.5 Å². The van der Waals surface area contributed by atoms with Gasteiger partial charge in [0, 0.05) is 91.6 Å². The fourth-order valence-electron chi connectivity index (χ4n) is 8.16. The maximum absolute atomic E-state index is 12.3. The molecule has 0 atom stereocenters. The van der Waals surface area contributed by atoms with Gasteiger partial charge in [0.2, 0.25) is 0 Å². The Labute approximate surface area is 455 Å². The fourth-order valence-corrected chi connectivity index (χ4v) is 8.16. The minimum atomic E-state index is -2.74. The molecule has 3 amide bonds. The molecule has 0 aromatic heterocycles. The number of carboxylic acids is 3. The number of aliphatic hydroxyl groups is 1. The average Bonchev–Trinajstić information content (AvgIpc) is 4.26. The number of hydrogen-bond acceptors (Lipinski definition) is 16. The number of ether oxygens (including phenoxy) is 6. The Kier molecular flexibility index (Phi) is 20.3. The third kappa shape index (κ3) is 15.7. The summed E-state index contributed by atoms with van der Waals surface area (Å²) >= 11 is 0. The number of methoxy groups -OCH3 is 3. The van der Waals surface area contributed by atoms with Gasteiger partial charge in [-0.2, -0.15) is 0 Å². The predicted octanol–water partition coefficient (Wildman–Crippen LogP) is 8.65. The Morgan fingerprint density at radius 2 is 0.709 bits per heavy atom. The zero-order valence-electron chi connectivity index (χ0n) is 44.3. The fraction of sp³-hybridized carbons (Fsp3) is 0.263. The Morgan fingerprint density at radius 1 is 0.443 bits per heavy atom. The summed E-state index contributed by atoms with van der Waals surface area (Å²) in [6.07, 6.45) is -0.925. The second-order valence-electron chi connectivity index (χ2n) is 17.7. The van der Waals surface area contributed by atoms with Gasteiger partial charge in [-0.05, 0) is 128 Å². The van der Waals surface area contributed by atoms with Gasteiger partial charge in [0.1, 0.15) is 34.5 Å². The smallest absolute Gasteiger partial charge is 0.419 e. The van der Waals surface area contributed by atoms with Crippen LogP contribution in [0.2, 0.25) is 0 Å². The highest BCUT2D eigenvalue weighted by Gasteiger charge is 2.41. The van der Waals surface area contributed by atoms with E-state index < -0.39 is 54.6 Å². The highest BCUT2D eigenvalue weighted by molar-refractivity contribution is 5.91. The lowest BCUT2D eigenvalue weighted by Crippen LogP contribution is -2.42. The van der Waals surface area contributed by atoms with Crippen LogP contribution in [0.15, 0.2) is 127 Å². The van der Waals surface area contributed by atoms with Crippen LogP contribution < -0.4 is 59.1 Å². The standard InChI is InChI=1S/3C17H18N2O3.C6H8O7/c3*1-19(12-6-8-13(21-2)9-7-12)17(20)22-16-5-3-4-15-14(16)10-11-18-15;7-3(8)1-6(13,5(11)12)2-4(9)10/h3*3-9,18H,10-11H2,1-2H3;13H,1-2H2,(H,7,8)(H,9,10)(H,11,12). The van der Waals surface area contributed by atoms with Crippen molar-refractivity contribution in [3.63, 3.8) is 0 Å². The zero-order chi connectivity index (χ0) is 57.2. The molecule has 6 aromatic carbocycles. The summed E-state index contributed by atoms with van der Waals surface area (Å²) in [6.45, 7) is 2.62. The largest absolute Gasteiger partial charge is 0.497 e. The second kappa shape index (κ2) is 27.4. The van der Waals surface area contributed by atoms with E-state index in [9.17, 15) is 28.8 Å². The molecule has 22 nitrogen and oxygen atoms in total. The summed E-state index contributed by atoms with van der Waals surface area (Å²) in [5.74, 6) is -0.921. The quantitative estimate of drug-likeness (QED) is 0.0537. The molecule has 0 unspecified atom stereocenters. The summed E-state index contributed by atoms with van der Waals surface area (Å²) < 4.78 is 32.0. The normalized spacial score (nSPS) is 12.0. The highest BCUT2D eigenvalue weighted by Crippen LogP contribution is 2.34. The van der Waals surface area contributed by atoms with E-state index in [0.717, 1.165) is 107 Å². The number of carbonyl (C=O) groups excluding carboxylic acids is 3. The minimum Gasteiger partial charge on any atom is -0.497 e. The van der Waals surface area contributed by atoms with Gasteiger partial charge in [-0.1, -0.05) is 18.2 Å². The van der Waals surface area contributed by atoms with Gasteiger partial charge in [-0.25, -0.2) is 19.2 Å². The SMILES string of the molecule is COc1ccc(N(C)C(=O)Oc2cccc3c2CCN3)cc1.COc1ccc(N(C)C(=O)Oc2cccc3c2CCN3)cc1.COc1ccc(N(C)C(=O)Oc2cccc3c2CCN3)cc1.O=C(O)CC(O)(CC(=O)O)C(=O)O. The Bertz CT molecular complexity index is 2800. The number of rotatable bonds is 14. The van der Waals surface area contributed by atoms with E-state index in [-0.39, 0.29) is 0 Å². The third-order valence-corrected chi connectivity index (χ3v) is 12.5. The van der Waals surface area contributed by atoms with Crippen molar-refractivity contribution >= 4 is 70.3 Å². The number of aliphatic carboxylic acids is 3. The Balaban J connectivity index is 0.000000173. The predicted molar refractivity (Wildman–Crippen MR) is 295 cm³/mol. The lowest BCUT2D eigenvalue weighted by atomic mass is 9.96. The summed E-state index contributed by atoms with van der Waals surface area (Å²) in [5.41, 5.74) is 5.78.